The van der Waals surface area contributed by atoms with Gasteiger partial charge in [0.25, 0.3) is 5.91 Å². The van der Waals surface area contributed by atoms with E-state index in [1.807, 2.05) is 12.1 Å². The molecule has 0 fully saturated rings. The molecular formula is C13H20ClN3O2. The summed E-state index contributed by atoms with van der Waals surface area (Å²) in [5.41, 5.74) is 1.61. The zero-order valence-electron chi connectivity index (χ0n) is 11.4. The van der Waals surface area contributed by atoms with Gasteiger partial charge in [0.05, 0.1) is 6.54 Å². The molecule has 0 heterocycles. The number of hydrogen-bond donors (Lipinski definition) is 2. The summed E-state index contributed by atoms with van der Waals surface area (Å²) >= 11 is 0. The van der Waals surface area contributed by atoms with Crippen molar-refractivity contribution >= 4 is 24.2 Å². The van der Waals surface area contributed by atoms with Gasteiger partial charge in [0.1, 0.15) is 0 Å². The molecule has 0 saturated carbocycles. The molecule has 0 unspecified atom stereocenters. The topological polar surface area (TPSA) is 61.4 Å². The number of halogens is 1. The molecule has 0 atom stereocenters. The highest BCUT2D eigenvalue weighted by Gasteiger charge is 2.08. The summed E-state index contributed by atoms with van der Waals surface area (Å²) in [5, 5.41) is 5.39. The quantitative estimate of drug-likeness (QED) is 0.835. The third kappa shape index (κ3) is 5.28. The molecule has 2 N–H and O–H groups in total. The molecule has 0 aliphatic rings. The first-order chi connectivity index (χ1) is 8.58. The number of amides is 2. The minimum atomic E-state index is -0.110. The molecule has 2 amide bonds. The number of carbonyl (C=O) groups excluding carboxylic acids is 2. The number of nitrogens with one attached hydrogen (secondary N) is 2. The Hall–Kier alpha value is -1.59. The Morgan fingerprint density at radius 2 is 1.74 bits per heavy atom. The van der Waals surface area contributed by atoms with E-state index in [4.69, 9.17) is 0 Å². The van der Waals surface area contributed by atoms with Crippen molar-refractivity contribution in [3.63, 3.8) is 0 Å². The van der Waals surface area contributed by atoms with Gasteiger partial charge >= 0.3 is 0 Å². The fourth-order valence-corrected chi connectivity index (χ4v) is 1.55. The maximum absolute atomic E-state index is 11.6. The smallest absolute Gasteiger partial charge is 0.251 e. The van der Waals surface area contributed by atoms with Gasteiger partial charge in [0, 0.05) is 26.2 Å². The second-order valence-electron chi connectivity index (χ2n) is 4.06. The summed E-state index contributed by atoms with van der Waals surface area (Å²) in [5.74, 6) is -0.0750. The van der Waals surface area contributed by atoms with Crippen molar-refractivity contribution in [2.24, 2.45) is 0 Å². The van der Waals surface area contributed by atoms with Crippen LogP contribution in [0, 0.1) is 0 Å². The van der Waals surface area contributed by atoms with Crippen LogP contribution in [-0.4, -0.2) is 44.4 Å². The second kappa shape index (κ2) is 8.50. The molecule has 0 aromatic heterocycles. The van der Waals surface area contributed by atoms with Crippen molar-refractivity contribution in [3.8, 4) is 0 Å². The summed E-state index contributed by atoms with van der Waals surface area (Å²) < 4.78 is 0. The van der Waals surface area contributed by atoms with Crippen LogP contribution in [0.4, 0.5) is 0 Å². The first-order valence-electron chi connectivity index (χ1n) is 5.78. The molecule has 6 heteroatoms. The lowest BCUT2D eigenvalue weighted by molar-refractivity contribution is -0.129. The highest BCUT2D eigenvalue weighted by atomic mass is 35.5. The summed E-state index contributed by atoms with van der Waals surface area (Å²) in [7, 11) is 5.09. The molecule has 19 heavy (non-hydrogen) atoms. The minimum Gasteiger partial charge on any atom is -0.355 e. The van der Waals surface area contributed by atoms with Crippen molar-refractivity contribution in [3.05, 3.63) is 35.4 Å². The van der Waals surface area contributed by atoms with E-state index in [0.29, 0.717) is 18.7 Å². The van der Waals surface area contributed by atoms with Crippen molar-refractivity contribution in [2.75, 3.05) is 27.7 Å². The van der Waals surface area contributed by atoms with E-state index in [9.17, 15) is 9.59 Å². The number of rotatable bonds is 5. The second-order valence-corrected chi connectivity index (χ2v) is 4.06. The molecule has 1 aromatic rings. The first kappa shape index (κ1) is 17.4. The van der Waals surface area contributed by atoms with Gasteiger partial charge < -0.3 is 15.5 Å². The molecule has 1 aromatic carbocycles. The molecule has 0 spiro atoms. The lowest BCUT2D eigenvalue weighted by atomic mass is 10.1. The summed E-state index contributed by atoms with van der Waals surface area (Å²) in [6.07, 6.45) is 0. The zero-order chi connectivity index (χ0) is 13.5. The molecule has 0 aliphatic carbocycles. The molecular weight excluding hydrogens is 266 g/mol. The van der Waals surface area contributed by atoms with Gasteiger partial charge in [-0.25, -0.2) is 0 Å². The van der Waals surface area contributed by atoms with Gasteiger partial charge in [-0.2, -0.15) is 0 Å². The fraction of sp³-hybridized carbons (Fsp3) is 0.385. The van der Waals surface area contributed by atoms with Crippen LogP contribution < -0.4 is 10.6 Å². The Labute approximate surface area is 119 Å². The maximum Gasteiger partial charge on any atom is 0.251 e. The average molecular weight is 286 g/mol. The van der Waals surface area contributed by atoms with Crippen LogP contribution in [0.25, 0.3) is 0 Å². The minimum absolute atomic E-state index is 0. The van der Waals surface area contributed by atoms with Gasteiger partial charge in [-0.05, 0) is 24.7 Å². The lowest BCUT2D eigenvalue weighted by Gasteiger charge is -2.17. The zero-order valence-corrected chi connectivity index (χ0v) is 12.2. The van der Waals surface area contributed by atoms with Crippen molar-refractivity contribution < 1.29 is 9.59 Å². The Morgan fingerprint density at radius 3 is 2.21 bits per heavy atom. The molecule has 5 nitrogen and oxygen atoms in total. The predicted molar refractivity (Wildman–Crippen MR) is 77.5 cm³/mol. The van der Waals surface area contributed by atoms with Crippen molar-refractivity contribution in [2.45, 2.75) is 6.54 Å². The van der Waals surface area contributed by atoms with Gasteiger partial charge in [-0.15, -0.1) is 12.4 Å². The molecule has 106 valence electrons. The summed E-state index contributed by atoms with van der Waals surface area (Å²) in [4.78, 5) is 24.6. The maximum atomic E-state index is 11.6. The molecule has 0 radical (unpaired) electrons. The molecule has 1 rings (SSSR count). The average Bonchev–Trinajstić information content (AvgIpc) is 2.39. The molecule has 0 aliphatic heterocycles. The third-order valence-electron chi connectivity index (χ3n) is 2.62. The number of nitrogens with zero attached hydrogens (tertiary/aromatic N) is 1. The van der Waals surface area contributed by atoms with Crippen LogP contribution in [0.1, 0.15) is 15.9 Å². The van der Waals surface area contributed by atoms with Crippen molar-refractivity contribution in [1.29, 1.82) is 0 Å². The van der Waals surface area contributed by atoms with Gasteiger partial charge in [0.2, 0.25) is 5.91 Å². The van der Waals surface area contributed by atoms with Crippen LogP contribution in [0.3, 0.4) is 0 Å². The third-order valence-corrected chi connectivity index (χ3v) is 2.62. The monoisotopic (exact) mass is 285 g/mol. The van der Waals surface area contributed by atoms with Gasteiger partial charge in [0.15, 0.2) is 0 Å². The van der Waals surface area contributed by atoms with Gasteiger partial charge in [-0.1, -0.05) is 12.1 Å². The van der Waals surface area contributed by atoms with Crippen LogP contribution in [-0.2, 0) is 11.3 Å². The number of hydrogen-bond acceptors (Lipinski definition) is 3. The van der Waals surface area contributed by atoms with E-state index in [2.05, 4.69) is 10.6 Å². The van der Waals surface area contributed by atoms with E-state index < -0.39 is 0 Å². The Morgan fingerprint density at radius 1 is 1.16 bits per heavy atom. The Balaban J connectivity index is 0.00000324. The highest BCUT2D eigenvalue weighted by Crippen LogP contribution is 2.06. The standard InChI is InChI=1S/C13H19N3O2.ClH/c1-14-8-12(17)16(3)9-10-4-6-11(7-5-10)13(18)15-2;/h4-7,14H,8-9H2,1-3H3,(H,15,18);1H. The van der Waals surface area contributed by atoms with E-state index in [0.717, 1.165) is 5.56 Å². The van der Waals surface area contributed by atoms with E-state index in [1.54, 1.807) is 38.2 Å². The molecule has 0 saturated heterocycles. The van der Waals surface area contributed by atoms with E-state index in [-0.39, 0.29) is 24.2 Å². The van der Waals surface area contributed by atoms with Crippen LogP contribution >= 0.6 is 12.4 Å². The SMILES string of the molecule is CNCC(=O)N(C)Cc1ccc(C(=O)NC)cc1.Cl. The van der Waals surface area contributed by atoms with E-state index in [1.165, 1.54) is 0 Å². The summed E-state index contributed by atoms with van der Waals surface area (Å²) in [6.45, 7) is 0.862. The highest BCUT2D eigenvalue weighted by molar-refractivity contribution is 5.93. The van der Waals surface area contributed by atoms with Crippen LogP contribution in [0.15, 0.2) is 24.3 Å². The predicted octanol–water partition coefficient (Wildman–Crippen LogP) is 0.646. The summed E-state index contributed by atoms with van der Waals surface area (Å²) in [6, 6.07) is 7.22. The number of benzene rings is 1. The molecule has 0 bridgehead atoms. The number of carbonyl (C=O) groups is 2. The normalized spacial score (nSPS) is 9.42. The van der Waals surface area contributed by atoms with Crippen LogP contribution in [0.5, 0.6) is 0 Å². The van der Waals surface area contributed by atoms with Crippen LogP contribution in [0.2, 0.25) is 0 Å². The Bertz CT molecular complexity index is 420. The Kier molecular flexibility index (Phi) is 7.79. The van der Waals surface area contributed by atoms with Gasteiger partial charge in [-0.3, -0.25) is 9.59 Å². The first-order valence-corrected chi connectivity index (χ1v) is 5.78. The van der Waals surface area contributed by atoms with Crippen molar-refractivity contribution in [1.82, 2.24) is 15.5 Å². The largest absolute Gasteiger partial charge is 0.355 e. The number of likely N-dealkylation sites (N-methyl/N-ethyl adjacent to an activating group) is 2. The fourth-order valence-electron chi connectivity index (χ4n) is 1.55. The van der Waals surface area contributed by atoms with E-state index >= 15 is 0 Å². The lowest BCUT2D eigenvalue weighted by Crippen LogP contribution is -2.33.